The van der Waals surface area contributed by atoms with Gasteiger partial charge in [-0.3, -0.25) is 28.8 Å². The van der Waals surface area contributed by atoms with Crippen LogP contribution >= 0.6 is 0 Å². The summed E-state index contributed by atoms with van der Waals surface area (Å²) in [5.74, 6) is -3.23. The molecule has 0 radical (unpaired) electrons. The van der Waals surface area contributed by atoms with Gasteiger partial charge in [0.05, 0.1) is 0 Å². The number of aromatic nitrogens is 1. The number of carbonyl (C=O) groups excluding carboxylic acids is 5. The van der Waals surface area contributed by atoms with Crippen LogP contribution in [0.15, 0.2) is 35.1 Å². The van der Waals surface area contributed by atoms with Crippen LogP contribution in [-0.2, 0) is 54.1 Å². The van der Waals surface area contributed by atoms with Gasteiger partial charge >= 0.3 is 29.8 Å². The summed E-state index contributed by atoms with van der Waals surface area (Å²) in [5.41, 5.74) is 0.0433. The average Bonchev–Trinajstić information content (AvgIpc) is 2.90. The number of ether oxygens (including phenoxy) is 6. The number of aromatic amines is 1. The molecule has 1 N–H and O–H groups in total. The molecule has 0 amide bonds. The smallest absolute Gasteiger partial charge is 0.308 e. The third-order valence-electron chi connectivity index (χ3n) is 6.14. The lowest BCUT2D eigenvalue weighted by molar-refractivity contribution is -0.252. The van der Waals surface area contributed by atoms with Gasteiger partial charge in [0, 0.05) is 52.3 Å². The quantitative estimate of drug-likeness (QED) is 0.248. The van der Waals surface area contributed by atoms with Gasteiger partial charge in [-0.05, 0) is 23.8 Å². The molecule has 1 aliphatic heterocycles. The fourth-order valence-corrected chi connectivity index (χ4v) is 4.63. The monoisotopic (exact) mass is 598 g/mol. The van der Waals surface area contributed by atoms with E-state index in [0.717, 1.165) is 27.7 Å². The van der Waals surface area contributed by atoms with E-state index in [4.69, 9.17) is 28.4 Å². The number of H-pyrrole nitrogens is 1. The molecule has 1 aromatic heterocycles. The Morgan fingerprint density at radius 1 is 0.814 bits per heavy atom. The van der Waals surface area contributed by atoms with Gasteiger partial charge in [0.1, 0.15) is 36.2 Å². The van der Waals surface area contributed by atoms with Crippen molar-refractivity contribution in [2.45, 2.75) is 71.6 Å². The maximum absolute atomic E-state index is 12.9. The number of pyridine rings is 1. The second kappa shape index (κ2) is 14.2. The van der Waals surface area contributed by atoms with Crippen LogP contribution in [0.1, 0.15) is 45.9 Å². The number of nitriles is 1. The Morgan fingerprint density at radius 3 is 1.88 bits per heavy atom. The fourth-order valence-electron chi connectivity index (χ4n) is 4.63. The number of carbonyl (C=O) groups is 5. The molecule has 228 valence electrons. The summed E-state index contributed by atoms with van der Waals surface area (Å²) >= 11 is 0. The topological polar surface area (TPSA) is 197 Å². The first-order valence-corrected chi connectivity index (χ1v) is 13.0. The Bertz CT molecular complexity index is 1490. The molecule has 14 nitrogen and oxygen atoms in total. The molecule has 1 aromatic carbocycles. The third kappa shape index (κ3) is 8.73. The molecular weight excluding hydrogens is 568 g/mol. The fraction of sp³-hybridized carbons (Fsp3) is 0.414. The van der Waals surface area contributed by atoms with Gasteiger partial charge in [-0.25, -0.2) is 0 Å². The normalized spacial score (nSPS) is 21.1. The maximum atomic E-state index is 12.9. The van der Waals surface area contributed by atoms with Gasteiger partial charge in [-0.2, -0.15) is 5.26 Å². The molecule has 0 unspecified atom stereocenters. The van der Waals surface area contributed by atoms with Crippen LogP contribution in [0.5, 0.6) is 5.75 Å². The summed E-state index contributed by atoms with van der Waals surface area (Å²) in [5, 5.41) is 9.69. The van der Waals surface area contributed by atoms with E-state index in [9.17, 15) is 34.0 Å². The van der Waals surface area contributed by atoms with Crippen molar-refractivity contribution in [1.29, 1.82) is 5.26 Å². The predicted octanol–water partition coefficient (Wildman–Crippen LogP) is 1.51. The van der Waals surface area contributed by atoms with Crippen molar-refractivity contribution >= 4 is 29.8 Å². The van der Waals surface area contributed by atoms with Crippen LogP contribution in [0.3, 0.4) is 0 Å². The molecule has 1 saturated heterocycles. The Hall–Kier alpha value is -5.03. The van der Waals surface area contributed by atoms with Crippen molar-refractivity contribution in [1.82, 2.24) is 4.98 Å². The lowest BCUT2D eigenvalue weighted by Crippen LogP contribution is -2.62. The molecule has 2 aromatic rings. The molecule has 5 atom stereocenters. The van der Waals surface area contributed by atoms with E-state index < -0.39 is 72.5 Å². The van der Waals surface area contributed by atoms with Crippen molar-refractivity contribution < 1.29 is 52.4 Å². The van der Waals surface area contributed by atoms with E-state index in [-0.39, 0.29) is 29.0 Å². The number of esters is 5. The number of hydrogen-bond donors (Lipinski definition) is 1. The summed E-state index contributed by atoms with van der Waals surface area (Å²) in [6, 6.07) is 9.52. The first kappa shape index (κ1) is 32.5. The Kier molecular flexibility index (Phi) is 10.8. The van der Waals surface area contributed by atoms with Crippen LogP contribution in [-0.4, -0.2) is 72.0 Å². The van der Waals surface area contributed by atoms with Crippen molar-refractivity contribution in [3.05, 3.63) is 51.9 Å². The number of nitrogens with one attached hydrogen (secondary N) is 1. The van der Waals surface area contributed by atoms with Crippen molar-refractivity contribution in [2.75, 3.05) is 6.61 Å². The molecule has 0 spiro atoms. The second-order valence-corrected chi connectivity index (χ2v) is 9.58. The highest BCUT2D eigenvalue weighted by Crippen LogP contribution is 2.32. The van der Waals surface area contributed by atoms with Gasteiger partial charge in [0.2, 0.25) is 0 Å². The van der Waals surface area contributed by atoms with E-state index in [2.05, 4.69) is 4.98 Å². The molecule has 1 aliphatic rings. The summed E-state index contributed by atoms with van der Waals surface area (Å²) in [4.78, 5) is 74.5. The first-order chi connectivity index (χ1) is 20.3. The largest absolute Gasteiger partial charge is 0.463 e. The van der Waals surface area contributed by atoms with E-state index in [0.29, 0.717) is 5.56 Å². The van der Waals surface area contributed by atoms with E-state index >= 15 is 0 Å². The standard InChI is InChI=1S/C29H30N2O12/c1-14(32)38-13-25-27(41-17(4)35)28(42-18(5)36)26(40-16(3)34)24(43-25)11-20-10-22(23(12-30)29(37)31-20)19-6-8-21(9-7-19)39-15(2)33/h6-10,24-28H,11,13H2,1-5H3,(H,31,37)/t24-,25+,26-,27+,28+/m0/s1. The Morgan fingerprint density at radius 2 is 1.37 bits per heavy atom. The Balaban J connectivity index is 2.08. The highest BCUT2D eigenvalue weighted by Gasteiger charge is 2.52. The van der Waals surface area contributed by atoms with E-state index in [1.54, 1.807) is 12.1 Å². The van der Waals surface area contributed by atoms with Crippen molar-refractivity contribution in [3.63, 3.8) is 0 Å². The zero-order valence-electron chi connectivity index (χ0n) is 24.0. The molecule has 2 heterocycles. The number of nitrogens with zero attached hydrogens (tertiary/aromatic N) is 1. The molecule has 0 bridgehead atoms. The third-order valence-corrected chi connectivity index (χ3v) is 6.14. The van der Waals surface area contributed by atoms with Crippen LogP contribution < -0.4 is 10.3 Å². The van der Waals surface area contributed by atoms with Crippen LogP contribution in [0, 0.1) is 11.3 Å². The lowest BCUT2D eigenvalue weighted by atomic mass is 9.91. The minimum Gasteiger partial charge on any atom is -0.463 e. The minimum absolute atomic E-state index is 0.154. The van der Waals surface area contributed by atoms with E-state index in [1.165, 1.54) is 25.1 Å². The van der Waals surface area contributed by atoms with Crippen LogP contribution in [0.4, 0.5) is 0 Å². The summed E-state index contributed by atoms with van der Waals surface area (Å²) in [6.07, 6.45) is -6.46. The van der Waals surface area contributed by atoms with Gasteiger partial charge in [0.15, 0.2) is 18.3 Å². The number of rotatable bonds is 9. The average molecular weight is 599 g/mol. The molecular formula is C29H30N2O12. The van der Waals surface area contributed by atoms with Gasteiger partial charge in [0.25, 0.3) is 5.56 Å². The van der Waals surface area contributed by atoms with Crippen molar-refractivity contribution in [3.8, 4) is 22.9 Å². The number of benzene rings is 1. The molecule has 3 rings (SSSR count). The SMILES string of the molecule is CC(=O)OC[C@H]1O[C@@H](Cc2cc(-c3ccc(OC(C)=O)cc3)c(C#N)c(=O)[nH]2)[C@H](OC(C)=O)[C@@H](OC(C)=O)[C@@H]1OC(C)=O. The lowest BCUT2D eigenvalue weighted by Gasteiger charge is -2.44. The van der Waals surface area contributed by atoms with Crippen LogP contribution in [0.2, 0.25) is 0 Å². The first-order valence-electron chi connectivity index (χ1n) is 13.0. The molecule has 43 heavy (non-hydrogen) atoms. The second-order valence-electron chi connectivity index (χ2n) is 9.58. The van der Waals surface area contributed by atoms with Gasteiger partial charge < -0.3 is 33.4 Å². The molecule has 14 heteroatoms. The number of hydrogen-bond acceptors (Lipinski definition) is 13. The summed E-state index contributed by atoms with van der Waals surface area (Å²) < 4.78 is 32.6. The molecule has 0 aliphatic carbocycles. The predicted molar refractivity (Wildman–Crippen MR) is 144 cm³/mol. The van der Waals surface area contributed by atoms with Crippen LogP contribution in [0.25, 0.3) is 11.1 Å². The highest BCUT2D eigenvalue weighted by atomic mass is 16.7. The van der Waals surface area contributed by atoms with E-state index in [1.807, 2.05) is 6.07 Å². The Labute approximate surface area is 245 Å². The van der Waals surface area contributed by atoms with Gasteiger partial charge in [-0.1, -0.05) is 12.1 Å². The minimum atomic E-state index is -1.37. The highest BCUT2D eigenvalue weighted by molar-refractivity contribution is 5.73. The summed E-state index contributed by atoms with van der Waals surface area (Å²) in [7, 11) is 0. The zero-order valence-corrected chi connectivity index (χ0v) is 24.0. The van der Waals surface area contributed by atoms with Crippen molar-refractivity contribution in [2.24, 2.45) is 0 Å². The van der Waals surface area contributed by atoms with Gasteiger partial charge in [-0.15, -0.1) is 0 Å². The zero-order chi connectivity index (χ0) is 31.8. The molecule has 0 saturated carbocycles. The summed E-state index contributed by atoms with van der Waals surface area (Å²) in [6.45, 7) is 5.35. The maximum Gasteiger partial charge on any atom is 0.308 e. The molecule has 1 fully saturated rings.